The second-order valence-corrected chi connectivity index (χ2v) is 4.07. The molecule has 0 aromatic carbocycles. The average molecular weight is 240 g/mol. The van der Waals surface area contributed by atoms with E-state index >= 15 is 0 Å². The van der Waals surface area contributed by atoms with Gasteiger partial charge in [-0.1, -0.05) is 0 Å². The molecule has 4 nitrogen and oxygen atoms in total. The molecule has 1 amide bonds. The second kappa shape index (κ2) is 5.01. The first-order valence-corrected chi connectivity index (χ1v) is 5.06. The zero-order valence-corrected chi connectivity index (χ0v) is 8.70. The van der Waals surface area contributed by atoms with E-state index < -0.39 is 24.1 Å². The molecule has 3 N–H and O–H groups in total. The number of nitrogens with zero attached hydrogens (tertiary/aromatic N) is 1. The van der Waals surface area contributed by atoms with Gasteiger partial charge in [0.1, 0.15) is 0 Å². The van der Waals surface area contributed by atoms with E-state index in [0.717, 1.165) is 0 Å². The molecule has 1 heterocycles. The van der Waals surface area contributed by atoms with Crippen LogP contribution < -0.4 is 5.73 Å². The fourth-order valence-electron chi connectivity index (χ4n) is 1.91. The van der Waals surface area contributed by atoms with Gasteiger partial charge in [0, 0.05) is 0 Å². The Morgan fingerprint density at radius 1 is 1.44 bits per heavy atom. The topological polar surface area (TPSA) is 66.6 Å². The predicted octanol–water partition coefficient (Wildman–Crippen LogP) is 0.107. The number of carbonyl (C=O) groups is 1. The van der Waals surface area contributed by atoms with Gasteiger partial charge in [0.2, 0.25) is 5.91 Å². The van der Waals surface area contributed by atoms with Crippen molar-refractivity contribution in [1.29, 1.82) is 0 Å². The Kier molecular flexibility index (Phi) is 4.15. The van der Waals surface area contributed by atoms with Crippen LogP contribution >= 0.6 is 0 Å². The third kappa shape index (κ3) is 3.64. The van der Waals surface area contributed by atoms with E-state index in [-0.39, 0.29) is 19.4 Å². The smallest absolute Gasteiger partial charge is 0.383 e. The van der Waals surface area contributed by atoms with Crippen molar-refractivity contribution in [3.8, 4) is 0 Å². The Hall–Kier alpha value is -0.820. The summed E-state index contributed by atoms with van der Waals surface area (Å²) in [5.41, 5.74) is 4.98. The highest BCUT2D eigenvalue weighted by atomic mass is 19.4. The molecule has 1 aliphatic heterocycles. The lowest BCUT2D eigenvalue weighted by atomic mass is 9.91. The number of hydrogen-bond donors (Lipinski definition) is 2. The monoisotopic (exact) mass is 240 g/mol. The van der Waals surface area contributed by atoms with Gasteiger partial charge in [-0.05, 0) is 31.8 Å². The van der Waals surface area contributed by atoms with Crippen LogP contribution in [0, 0.1) is 5.92 Å². The van der Waals surface area contributed by atoms with Crippen molar-refractivity contribution in [2.24, 2.45) is 11.7 Å². The van der Waals surface area contributed by atoms with E-state index in [1.165, 1.54) is 0 Å². The van der Waals surface area contributed by atoms with Gasteiger partial charge < -0.3 is 10.8 Å². The van der Waals surface area contributed by atoms with Crippen LogP contribution in [0.25, 0.3) is 0 Å². The number of amides is 1. The third-order valence-electron chi connectivity index (χ3n) is 2.79. The van der Waals surface area contributed by atoms with Crippen LogP contribution in [-0.4, -0.2) is 47.8 Å². The van der Waals surface area contributed by atoms with Crippen molar-refractivity contribution in [2.75, 3.05) is 19.6 Å². The van der Waals surface area contributed by atoms with Crippen LogP contribution in [0.1, 0.15) is 12.8 Å². The number of hydrogen-bond acceptors (Lipinski definition) is 3. The number of rotatable bonds is 3. The molecular formula is C9H15F3N2O2. The number of piperidine rings is 1. The van der Waals surface area contributed by atoms with Crippen molar-refractivity contribution in [3.05, 3.63) is 0 Å². The number of aliphatic hydroxyl groups excluding tert-OH is 1. The number of aliphatic hydroxyl groups is 1. The summed E-state index contributed by atoms with van der Waals surface area (Å²) in [4.78, 5) is 12.3. The summed E-state index contributed by atoms with van der Waals surface area (Å²) in [5.74, 6) is -1.26. The maximum Gasteiger partial charge on any atom is 0.414 e. The average Bonchev–Trinajstić information content (AvgIpc) is 2.15. The summed E-state index contributed by atoms with van der Waals surface area (Å²) >= 11 is 0. The lowest BCUT2D eigenvalue weighted by molar-refractivity contribution is -0.223. The predicted molar refractivity (Wildman–Crippen MR) is 50.4 cm³/mol. The molecule has 1 aliphatic rings. The first kappa shape index (κ1) is 13.2. The quantitative estimate of drug-likeness (QED) is 0.735. The highest BCUT2D eigenvalue weighted by Gasteiger charge is 2.44. The molecule has 0 aromatic heterocycles. The number of halogens is 3. The van der Waals surface area contributed by atoms with Crippen LogP contribution in [0.3, 0.4) is 0 Å². The zero-order chi connectivity index (χ0) is 12.3. The Morgan fingerprint density at radius 2 is 1.94 bits per heavy atom. The van der Waals surface area contributed by atoms with Crippen LogP contribution in [0.2, 0.25) is 0 Å². The normalized spacial score (nSPS) is 22.0. The van der Waals surface area contributed by atoms with Crippen molar-refractivity contribution in [2.45, 2.75) is 25.1 Å². The molecule has 94 valence electrons. The second-order valence-electron chi connectivity index (χ2n) is 4.07. The van der Waals surface area contributed by atoms with Gasteiger partial charge in [-0.3, -0.25) is 9.69 Å². The van der Waals surface area contributed by atoms with Crippen LogP contribution in [0.15, 0.2) is 0 Å². The number of alkyl halides is 3. The van der Waals surface area contributed by atoms with Crippen LogP contribution in [0.4, 0.5) is 13.2 Å². The zero-order valence-electron chi connectivity index (χ0n) is 8.70. The Morgan fingerprint density at radius 3 is 2.31 bits per heavy atom. The number of primary amides is 1. The number of nitrogens with two attached hydrogens (primary N) is 1. The SMILES string of the molecule is NC(=O)CN1CCC(C(O)C(F)(F)F)CC1. The van der Waals surface area contributed by atoms with Crippen molar-refractivity contribution in [3.63, 3.8) is 0 Å². The molecule has 7 heteroatoms. The van der Waals surface area contributed by atoms with Crippen LogP contribution in [-0.2, 0) is 4.79 Å². The van der Waals surface area contributed by atoms with E-state index in [9.17, 15) is 18.0 Å². The lowest BCUT2D eigenvalue weighted by Crippen LogP contribution is -2.45. The molecule has 1 fully saturated rings. The van der Waals surface area contributed by atoms with Gasteiger partial charge in [0.15, 0.2) is 6.10 Å². The molecule has 1 rings (SSSR count). The molecule has 16 heavy (non-hydrogen) atoms. The summed E-state index contributed by atoms with van der Waals surface area (Å²) in [6.45, 7) is 0.788. The number of likely N-dealkylation sites (tertiary alicyclic amines) is 1. The maximum absolute atomic E-state index is 12.2. The van der Waals surface area contributed by atoms with E-state index in [0.29, 0.717) is 13.1 Å². The fraction of sp³-hybridized carbons (Fsp3) is 0.889. The first-order valence-electron chi connectivity index (χ1n) is 5.06. The highest BCUT2D eigenvalue weighted by molar-refractivity contribution is 5.75. The van der Waals surface area contributed by atoms with Gasteiger partial charge in [0.25, 0.3) is 0 Å². The third-order valence-corrected chi connectivity index (χ3v) is 2.79. The van der Waals surface area contributed by atoms with E-state index in [4.69, 9.17) is 10.8 Å². The summed E-state index contributed by atoms with van der Waals surface area (Å²) in [5, 5.41) is 9.04. The highest BCUT2D eigenvalue weighted by Crippen LogP contribution is 2.31. The molecule has 0 spiro atoms. The standard InChI is InChI=1S/C9H15F3N2O2/c10-9(11,12)8(16)6-1-3-14(4-2-6)5-7(13)15/h6,8,16H,1-5H2,(H2,13,15). The van der Waals surface area contributed by atoms with Crippen LogP contribution in [0.5, 0.6) is 0 Å². The summed E-state index contributed by atoms with van der Waals surface area (Å²) < 4.78 is 36.6. The lowest BCUT2D eigenvalue weighted by Gasteiger charge is -2.33. The van der Waals surface area contributed by atoms with Crippen molar-refractivity contribution in [1.82, 2.24) is 4.90 Å². The minimum Gasteiger partial charge on any atom is -0.383 e. The van der Waals surface area contributed by atoms with Gasteiger partial charge in [0.05, 0.1) is 6.54 Å². The molecule has 0 saturated carbocycles. The van der Waals surface area contributed by atoms with E-state index in [1.54, 1.807) is 4.90 Å². The minimum atomic E-state index is -4.56. The fourth-order valence-corrected chi connectivity index (χ4v) is 1.91. The number of carbonyl (C=O) groups excluding carboxylic acids is 1. The van der Waals surface area contributed by atoms with Gasteiger partial charge in [-0.2, -0.15) is 13.2 Å². The summed E-state index contributed by atoms with van der Waals surface area (Å²) in [6, 6.07) is 0. The molecule has 1 atom stereocenters. The van der Waals surface area contributed by atoms with E-state index in [1.807, 2.05) is 0 Å². The maximum atomic E-state index is 12.2. The van der Waals surface area contributed by atoms with Gasteiger partial charge in [-0.15, -0.1) is 0 Å². The molecule has 0 radical (unpaired) electrons. The van der Waals surface area contributed by atoms with Crippen molar-refractivity contribution < 1.29 is 23.1 Å². The molecule has 1 unspecified atom stereocenters. The molecule has 0 aromatic rings. The van der Waals surface area contributed by atoms with E-state index in [2.05, 4.69) is 0 Å². The molecular weight excluding hydrogens is 225 g/mol. The Bertz CT molecular complexity index is 250. The van der Waals surface area contributed by atoms with Gasteiger partial charge >= 0.3 is 6.18 Å². The summed E-state index contributed by atoms with van der Waals surface area (Å²) in [7, 11) is 0. The Labute approximate surface area is 91.2 Å². The largest absolute Gasteiger partial charge is 0.414 e. The molecule has 1 saturated heterocycles. The Balaban J connectivity index is 2.40. The molecule has 0 aliphatic carbocycles. The summed E-state index contributed by atoms with van der Waals surface area (Å²) in [6.07, 6.45) is -6.36. The minimum absolute atomic E-state index is 0.0643. The van der Waals surface area contributed by atoms with Crippen molar-refractivity contribution >= 4 is 5.91 Å². The molecule has 0 bridgehead atoms. The first-order chi connectivity index (χ1) is 7.30. The van der Waals surface area contributed by atoms with Gasteiger partial charge in [-0.25, -0.2) is 0 Å².